The molecular formula is C20H18N2O2. The summed E-state index contributed by atoms with van der Waals surface area (Å²) in [5, 5.41) is 0. The van der Waals surface area contributed by atoms with Crippen LogP contribution in [0, 0.1) is 0 Å². The molecule has 0 spiro atoms. The summed E-state index contributed by atoms with van der Waals surface area (Å²) in [6.45, 7) is 2.50. The fourth-order valence-electron chi connectivity index (χ4n) is 3.06. The third kappa shape index (κ3) is 2.46. The van der Waals surface area contributed by atoms with Gasteiger partial charge in [-0.3, -0.25) is 9.69 Å². The first-order valence-corrected chi connectivity index (χ1v) is 8.03. The van der Waals surface area contributed by atoms with Gasteiger partial charge in [0.25, 0.3) is 5.91 Å². The van der Waals surface area contributed by atoms with Crippen molar-refractivity contribution >= 4 is 11.6 Å². The predicted molar refractivity (Wildman–Crippen MR) is 94.0 cm³/mol. The molecule has 4 heteroatoms. The molecule has 1 atom stereocenters. The number of benzene rings is 2. The van der Waals surface area contributed by atoms with E-state index in [4.69, 9.17) is 4.74 Å². The number of amides is 1. The lowest BCUT2D eigenvalue weighted by Gasteiger charge is -2.35. The van der Waals surface area contributed by atoms with Gasteiger partial charge in [0.15, 0.2) is 0 Å². The largest absolute Gasteiger partial charge is 0.489 e. The highest BCUT2D eigenvalue weighted by atomic mass is 16.5. The van der Waals surface area contributed by atoms with Crippen LogP contribution in [0.2, 0.25) is 0 Å². The fraction of sp³-hybridized carbons (Fsp3) is 0.150. The van der Waals surface area contributed by atoms with Gasteiger partial charge in [0.2, 0.25) is 0 Å². The number of aromatic nitrogens is 1. The van der Waals surface area contributed by atoms with E-state index < -0.39 is 0 Å². The molecule has 0 aliphatic carbocycles. The molecule has 0 N–H and O–H groups in total. The molecule has 1 aliphatic rings. The fourth-order valence-corrected chi connectivity index (χ4v) is 3.06. The molecule has 1 aromatic heterocycles. The highest BCUT2D eigenvalue weighted by Gasteiger charge is 2.30. The lowest BCUT2D eigenvalue weighted by molar-refractivity contribution is 0.0961. The molecule has 2 aromatic carbocycles. The number of hydrogen-bond donors (Lipinski definition) is 0. The number of carbonyl (C=O) groups excluding carboxylic acids is 1. The first kappa shape index (κ1) is 14.6. The minimum absolute atomic E-state index is 0.00717. The maximum Gasteiger partial charge on any atom is 0.258 e. The maximum atomic E-state index is 13.2. The number of nitrogens with zero attached hydrogens (tertiary/aromatic N) is 2. The molecule has 4 nitrogen and oxygen atoms in total. The number of fused-ring (bicyclic) bond motifs is 1. The van der Waals surface area contributed by atoms with Crippen LogP contribution in [0.5, 0.6) is 5.75 Å². The molecule has 0 bridgehead atoms. The molecule has 4 rings (SSSR count). The molecule has 1 aliphatic heterocycles. The Morgan fingerprint density at radius 2 is 1.83 bits per heavy atom. The maximum absolute atomic E-state index is 13.2. The molecule has 0 saturated heterocycles. The molecule has 0 radical (unpaired) electrons. The van der Waals surface area contributed by atoms with Gasteiger partial charge in [-0.05, 0) is 49.4 Å². The Bertz CT molecular complexity index is 871. The normalized spacial score (nSPS) is 16.4. The first-order chi connectivity index (χ1) is 11.7. The van der Waals surface area contributed by atoms with E-state index >= 15 is 0 Å². The van der Waals surface area contributed by atoms with Crippen molar-refractivity contribution < 1.29 is 9.53 Å². The zero-order valence-corrected chi connectivity index (χ0v) is 13.4. The van der Waals surface area contributed by atoms with Crippen LogP contribution in [-0.2, 0) is 0 Å². The number of rotatable bonds is 2. The van der Waals surface area contributed by atoms with E-state index in [0.717, 1.165) is 17.1 Å². The average molecular weight is 318 g/mol. The highest BCUT2D eigenvalue weighted by molar-refractivity contribution is 6.07. The molecule has 24 heavy (non-hydrogen) atoms. The standard InChI is InChI=1S/C20H18N2O2/c1-15-14-24-19-10-3-2-9-18(19)22(15)20(23)16-7-6-8-17(13-16)21-11-4-5-12-21/h2-13,15H,14H2,1H3. The Labute approximate surface area is 140 Å². The van der Waals surface area contributed by atoms with E-state index in [0.29, 0.717) is 12.2 Å². The smallest absolute Gasteiger partial charge is 0.258 e. The van der Waals surface area contributed by atoms with Gasteiger partial charge in [-0.2, -0.15) is 0 Å². The van der Waals surface area contributed by atoms with Crippen LogP contribution >= 0.6 is 0 Å². The summed E-state index contributed by atoms with van der Waals surface area (Å²) in [6.07, 6.45) is 3.94. The Kier molecular flexibility index (Phi) is 3.58. The van der Waals surface area contributed by atoms with Crippen molar-refractivity contribution in [2.45, 2.75) is 13.0 Å². The SMILES string of the molecule is CC1COc2ccccc2N1C(=O)c1cccc(-n2cccc2)c1. The van der Waals surface area contributed by atoms with Crippen molar-refractivity contribution in [3.8, 4) is 11.4 Å². The zero-order valence-electron chi connectivity index (χ0n) is 13.4. The van der Waals surface area contributed by atoms with Gasteiger partial charge in [-0.1, -0.05) is 18.2 Å². The summed E-state index contributed by atoms with van der Waals surface area (Å²) in [5.41, 5.74) is 2.47. The van der Waals surface area contributed by atoms with Crippen molar-refractivity contribution in [3.63, 3.8) is 0 Å². The first-order valence-electron chi connectivity index (χ1n) is 8.03. The van der Waals surface area contributed by atoms with Crippen molar-refractivity contribution in [2.75, 3.05) is 11.5 Å². The zero-order chi connectivity index (χ0) is 16.5. The molecule has 120 valence electrons. The van der Waals surface area contributed by atoms with Crippen LogP contribution < -0.4 is 9.64 Å². The molecule has 1 amide bonds. The summed E-state index contributed by atoms with van der Waals surface area (Å²) >= 11 is 0. The summed E-state index contributed by atoms with van der Waals surface area (Å²) < 4.78 is 7.73. The summed E-state index contributed by atoms with van der Waals surface area (Å²) in [6, 6.07) is 19.3. The van der Waals surface area contributed by atoms with E-state index in [1.807, 2.05) is 89.4 Å². The molecule has 0 fully saturated rings. The Morgan fingerprint density at radius 1 is 1.04 bits per heavy atom. The Balaban J connectivity index is 1.73. The average Bonchev–Trinajstić information content (AvgIpc) is 3.16. The van der Waals surface area contributed by atoms with Gasteiger partial charge in [-0.15, -0.1) is 0 Å². The van der Waals surface area contributed by atoms with Crippen LogP contribution in [0.4, 0.5) is 5.69 Å². The third-order valence-corrected chi connectivity index (χ3v) is 4.26. The second-order valence-electron chi connectivity index (χ2n) is 5.94. The second kappa shape index (κ2) is 5.89. The minimum Gasteiger partial charge on any atom is -0.489 e. The van der Waals surface area contributed by atoms with Crippen LogP contribution in [-0.4, -0.2) is 23.1 Å². The Hall–Kier alpha value is -3.01. The van der Waals surface area contributed by atoms with Crippen LogP contribution in [0.25, 0.3) is 5.69 Å². The Morgan fingerprint density at radius 3 is 2.67 bits per heavy atom. The van der Waals surface area contributed by atoms with E-state index in [9.17, 15) is 4.79 Å². The predicted octanol–water partition coefficient (Wildman–Crippen LogP) is 3.91. The van der Waals surface area contributed by atoms with E-state index in [2.05, 4.69) is 0 Å². The van der Waals surface area contributed by atoms with E-state index in [1.54, 1.807) is 0 Å². The second-order valence-corrected chi connectivity index (χ2v) is 5.94. The summed E-state index contributed by atoms with van der Waals surface area (Å²) in [4.78, 5) is 15.0. The lowest BCUT2D eigenvalue weighted by atomic mass is 10.1. The van der Waals surface area contributed by atoms with Gasteiger partial charge < -0.3 is 9.30 Å². The van der Waals surface area contributed by atoms with Gasteiger partial charge >= 0.3 is 0 Å². The molecule has 0 saturated carbocycles. The van der Waals surface area contributed by atoms with Gasteiger partial charge in [0, 0.05) is 23.6 Å². The van der Waals surface area contributed by atoms with Crippen molar-refractivity contribution in [3.05, 3.63) is 78.6 Å². The van der Waals surface area contributed by atoms with Crippen LogP contribution in [0.1, 0.15) is 17.3 Å². The van der Waals surface area contributed by atoms with E-state index in [1.165, 1.54) is 0 Å². The quantitative estimate of drug-likeness (QED) is 0.718. The van der Waals surface area contributed by atoms with Crippen LogP contribution in [0.3, 0.4) is 0 Å². The number of ether oxygens (including phenoxy) is 1. The van der Waals surface area contributed by atoms with Gasteiger partial charge in [0.05, 0.1) is 11.7 Å². The number of para-hydroxylation sites is 2. The number of carbonyl (C=O) groups is 1. The third-order valence-electron chi connectivity index (χ3n) is 4.26. The van der Waals surface area contributed by atoms with E-state index in [-0.39, 0.29) is 11.9 Å². The van der Waals surface area contributed by atoms with Gasteiger partial charge in [-0.25, -0.2) is 0 Å². The summed E-state index contributed by atoms with van der Waals surface area (Å²) in [5.74, 6) is 0.748. The highest BCUT2D eigenvalue weighted by Crippen LogP contribution is 2.34. The van der Waals surface area contributed by atoms with Crippen molar-refractivity contribution in [1.82, 2.24) is 4.57 Å². The van der Waals surface area contributed by atoms with Crippen molar-refractivity contribution in [2.24, 2.45) is 0 Å². The molecule has 3 aromatic rings. The molecule has 1 unspecified atom stereocenters. The van der Waals surface area contributed by atoms with Crippen molar-refractivity contribution in [1.29, 1.82) is 0 Å². The van der Waals surface area contributed by atoms with Crippen LogP contribution in [0.15, 0.2) is 73.1 Å². The minimum atomic E-state index is -0.0114. The van der Waals surface area contributed by atoms with Gasteiger partial charge in [0.1, 0.15) is 12.4 Å². The lowest BCUT2D eigenvalue weighted by Crippen LogP contribution is -2.45. The molecule has 2 heterocycles. The molecular weight excluding hydrogens is 300 g/mol. The number of anilines is 1. The monoisotopic (exact) mass is 318 g/mol. The number of hydrogen-bond acceptors (Lipinski definition) is 2. The summed E-state index contributed by atoms with van der Waals surface area (Å²) in [7, 11) is 0. The topological polar surface area (TPSA) is 34.5 Å².